The van der Waals surface area contributed by atoms with Crippen LogP contribution in [0.4, 0.5) is 5.69 Å². The molecule has 0 amide bonds. The molecule has 2 N–H and O–H groups in total. The van der Waals surface area contributed by atoms with Crippen molar-refractivity contribution in [3.05, 3.63) is 24.3 Å². The number of anilines is 1. The molecule has 2 nitrogen and oxygen atoms in total. The van der Waals surface area contributed by atoms with Crippen molar-refractivity contribution >= 4 is 5.69 Å². The highest BCUT2D eigenvalue weighted by atomic mass is 35.5. The fourth-order valence-corrected chi connectivity index (χ4v) is 1.50. The Morgan fingerprint density at radius 1 is 1.12 bits per heavy atom. The maximum absolute atomic E-state index is 5.65. The van der Waals surface area contributed by atoms with Crippen LogP contribution in [0.15, 0.2) is 24.3 Å². The van der Waals surface area contributed by atoms with Crippen LogP contribution >= 0.6 is 0 Å². The van der Waals surface area contributed by atoms with Gasteiger partial charge in [-0.05, 0) is 18.6 Å². The Morgan fingerprint density at radius 2 is 1.88 bits per heavy atom. The Labute approximate surface area is 105 Å². The molecule has 3 heteroatoms. The maximum atomic E-state index is 5.65. The first-order valence-corrected chi connectivity index (χ1v) is 5.81. The standard InChI is InChI=1S/C13H21NO.ClH/c1-2-3-4-5-6-10-15-13-9-7-8-12(14)11-13;/h7-9,11H,2-6,10,14H2,1H3;1H/p-1. The van der Waals surface area contributed by atoms with Crippen molar-refractivity contribution < 1.29 is 17.1 Å². The molecule has 0 fully saturated rings. The quantitative estimate of drug-likeness (QED) is 0.562. The summed E-state index contributed by atoms with van der Waals surface area (Å²) >= 11 is 0. The molecule has 0 aromatic heterocycles. The second-order valence-corrected chi connectivity index (χ2v) is 3.84. The molecule has 0 aliphatic heterocycles. The molecule has 16 heavy (non-hydrogen) atoms. The summed E-state index contributed by atoms with van der Waals surface area (Å²) in [6.07, 6.45) is 6.33. The largest absolute Gasteiger partial charge is 1.00 e. The van der Waals surface area contributed by atoms with Crippen LogP contribution in [0.1, 0.15) is 39.0 Å². The molecule has 0 saturated heterocycles. The summed E-state index contributed by atoms with van der Waals surface area (Å²) in [5.41, 5.74) is 6.41. The summed E-state index contributed by atoms with van der Waals surface area (Å²) in [5, 5.41) is 0. The SMILES string of the molecule is CCCCCCCOc1cccc(N)c1.[Cl-]. The highest BCUT2D eigenvalue weighted by molar-refractivity contribution is 5.43. The summed E-state index contributed by atoms with van der Waals surface area (Å²) in [6.45, 7) is 3.02. The number of hydrogen-bond donors (Lipinski definition) is 1. The van der Waals surface area contributed by atoms with Gasteiger partial charge < -0.3 is 22.9 Å². The van der Waals surface area contributed by atoms with Crippen LogP contribution in [-0.4, -0.2) is 6.61 Å². The van der Waals surface area contributed by atoms with E-state index in [-0.39, 0.29) is 12.4 Å². The van der Waals surface area contributed by atoms with Gasteiger partial charge in [-0.25, -0.2) is 0 Å². The Balaban J connectivity index is 0.00000225. The van der Waals surface area contributed by atoms with Gasteiger partial charge in [-0.3, -0.25) is 0 Å². The molecule has 1 aromatic carbocycles. The second-order valence-electron chi connectivity index (χ2n) is 3.84. The second kappa shape index (κ2) is 9.34. The van der Waals surface area contributed by atoms with E-state index in [1.54, 1.807) is 0 Å². The highest BCUT2D eigenvalue weighted by Crippen LogP contribution is 2.15. The lowest BCUT2D eigenvalue weighted by molar-refractivity contribution is -0.00000376. The third-order valence-electron chi connectivity index (χ3n) is 2.37. The third kappa shape index (κ3) is 6.57. The van der Waals surface area contributed by atoms with Gasteiger partial charge in [0.25, 0.3) is 0 Å². The van der Waals surface area contributed by atoms with Gasteiger partial charge in [0, 0.05) is 11.8 Å². The smallest absolute Gasteiger partial charge is 0.121 e. The Hall–Kier alpha value is -0.890. The minimum absolute atomic E-state index is 0. The number of halogens is 1. The Kier molecular flexibility index (Phi) is 8.82. The minimum atomic E-state index is 0. The first-order chi connectivity index (χ1) is 7.33. The van der Waals surface area contributed by atoms with Gasteiger partial charge in [-0.1, -0.05) is 38.7 Å². The van der Waals surface area contributed by atoms with Crippen LogP contribution in [0, 0.1) is 0 Å². The topological polar surface area (TPSA) is 35.2 Å². The van der Waals surface area contributed by atoms with Crippen LogP contribution in [0.3, 0.4) is 0 Å². The fraction of sp³-hybridized carbons (Fsp3) is 0.538. The van der Waals surface area contributed by atoms with Crippen molar-refractivity contribution in [2.45, 2.75) is 39.0 Å². The summed E-state index contributed by atoms with van der Waals surface area (Å²) in [7, 11) is 0. The molecule has 1 aromatic rings. The van der Waals surface area contributed by atoms with Gasteiger partial charge in [0.05, 0.1) is 6.61 Å². The van der Waals surface area contributed by atoms with Gasteiger partial charge in [0.1, 0.15) is 5.75 Å². The number of nitrogen functional groups attached to an aromatic ring is 1. The molecule has 0 atom stereocenters. The summed E-state index contributed by atoms with van der Waals surface area (Å²) in [5.74, 6) is 0.880. The average molecular weight is 243 g/mol. The van der Waals surface area contributed by atoms with E-state index in [0.717, 1.165) is 24.5 Å². The van der Waals surface area contributed by atoms with E-state index in [9.17, 15) is 0 Å². The van der Waals surface area contributed by atoms with E-state index in [2.05, 4.69) is 6.92 Å². The molecule has 0 spiro atoms. The molecular weight excluding hydrogens is 222 g/mol. The number of benzene rings is 1. The van der Waals surface area contributed by atoms with E-state index in [1.807, 2.05) is 24.3 Å². The summed E-state index contributed by atoms with van der Waals surface area (Å²) < 4.78 is 5.59. The van der Waals surface area contributed by atoms with E-state index < -0.39 is 0 Å². The minimum Gasteiger partial charge on any atom is -1.00 e. The first-order valence-electron chi connectivity index (χ1n) is 5.81. The van der Waals surface area contributed by atoms with Gasteiger partial charge in [-0.2, -0.15) is 0 Å². The third-order valence-corrected chi connectivity index (χ3v) is 2.37. The molecular formula is C13H21ClNO-. The summed E-state index contributed by atoms with van der Waals surface area (Å²) in [6, 6.07) is 7.60. The van der Waals surface area contributed by atoms with Gasteiger partial charge in [0.2, 0.25) is 0 Å². The number of ether oxygens (including phenoxy) is 1. The molecule has 0 aliphatic carbocycles. The fourth-order valence-electron chi connectivity index (χ4n) is 1.50. The van der Waals surface area contributed by atoms with Crippen LogP contribution < -0.4 is 22.9 Å². The van der Waals surface area contributed by atoms with Crippen LogP contribution in [0.2, 0.25) is 0 Å². The zero-order valence-electron chi connectivity index (χ0n) is 9.92. The van der Waals surface area contributed by atoms with Crippen molar-refractivity contribution in [1.82, 2.24) is 0 Å². The van der Waals surface area contributed by atoms with E-state index >= 15 is 0 Å². The Morgan fingerprint density at radius 3 is 2.56 bits per heavy atom. The van der Waals surface area contributed by atoms with Crippen LogP contribution in [-0.2, 0) is 0 Å². The number of unbranched alkanes of at least 4 members (excludes halogenated alkanes) is 4. The lowest BCUT2D eigenvalue weighted by atomic mass is 10.2. The van der Waals surface area contributed by atoms with Crippen molar-refractivity contribution in [1.29, 1.82) is 0 Å². The molecule has 0 saturated carbocycles. The van der Waals surface area contributed by atoms with Crippen LogP contribution in [0.25, 0.3) is 0 Å². The van der Waals surface area contributed by atoms with Crippen molar-refractivity contribution in [2.75, 3.05) is 12.3 Å². The lowest BCUT2D eigenvalue weighted by Gasteiger charge is -2.06. The molecule has 0 aliphatic rings. The lowest BCUT2D eigenvalue weighted by Crippen LogP contribution is -3.00. The molecule has 92 valence electrons. The van der Waals surface area contributed by atoms with Crippen molar-refractivity contribution in [2.24, 2.45) is 0 Å². The average Bonchev–Trinajstić information content (AvgIpc) is 2.23. The molecule has 0 unspecified atom stereocenters. The van der Waals surface area contributed by atoms with Gasteiger partial charge >= 0.3 is 0 Å². The van der Waals surface area contributed by atoms with E-state index in [0.29, 0.717) is 0 Å². The van der Waals surface area contributed by atoms with Crippen molar-refractivity contribution in [3.8, 4) is 5.75 Å². The first kappa shape index (κ1) is 15.1. The van der Waals surface area contributed by atoms with Crippen LogP contribution in [0.5, 0.6) is 5.75 Å². The number of hydrogen-bond acceptors (Lipinski definition) is 2. The molecule has 0 heterocycles. The number of nitrogens with two attached hydrogens (primary N) is 1. The monoisotopic (exact) mass is 242 g/mol. The van der Waals surface area contributed by atoms with Crippen molar-refractivity contribution in [3.63, 3.8) is 0 Å². The maximum Gasteiger partial charge on any atom is 0.121 e. The van der Waals surface area contributed by atoms with E-state index in [1.165, 1.54) is 25.7 Å². The zero-order valence-corrected chi connectivity index (χ0v) is 10.7. The highest BCUT2D eigenvalue weighted by Gasteiger charge is 1.94. The Bertz CT molecular complexity index is 278. The predicted molar refractivity (Wildman–Crippen MR) is 65.1 cm³/mol. The van der Waals surface area contributed by atoms with E-state index in [4.69, 9.17) is 10.5 Å². The molecule has 1 rings (SSSR count). The molecule has 0 bridgehead atoms. The zero-order chi connectivity index (χ0) is 10.9. The predicted octanol–water partition coefficient (Wildman–Crippen LogP) is 0.622. The summed E-state index contributed by atoms with van der Waals surface area (Å²) in [4.78, 5) is 0. The molecule has 0 radical (unpaired) electrons. The van der Waals surface area contributed by atoms with Gasteiger partial charge in [-0.15, -0.1) is 0 Å². The normalized spacial score (nSPS) is 9.56. The van der Waals surface area contributed by atoms with Gasteiger partial charge in [0.15, 0.2) is 0 Å². The number of rotatable bonds is 7.